The summed E-state index contributed by atoms with van der Waals surface area (Å²) in [6.07, 6.45) is 5.69. The van der Waals surface area contributed by atoms with Gasteiger partial charge in [-0.15, -0.1) is 0 Å². The Morgan fingerprint density at radius 3 is 2.37 bits per heavy atom. The third kappa shape index (κ3) is 4.74. The summed E-state index contributed by atoms with van der Waals surface area (Å²) in [7, 11) is 1.89. The second kappa shape index (κ2) is 9.82. The van der Waals surface area contributed by atoms with Gasteiger partial charge in [-0.3, -0.25) is 14.6 Å². The van der Waals surface area contributed by atoms with E-state index >= 15 is 0 Å². The number of rotatable bonds is 5. The van der Waals surface area contributed by atoms with Crippen molar-refractivity contribution in [1.82, 2.24) is 4.90 Å². The van der Waals surface area contributed by atoms with Crippen molar-refractivity contribution in [3.63, 3.8) is 0 Å². The first kappa shape index (κ1) is 23.0. The lowest BCUT2D eigenvalue weighted by atomic mass is 9.90. The molecule has 1 heterocycles. The van der Waals surface area contributed by atoms with E-state index in [-0.39, 0.29) is 11.8 Å². The SMILES string of the molecule is CN(C(=O)c1ccc(N=C(c2ccccc2)C2C(=O)Nc3cc(F)ccc32)cc1)C1CCCCC1. The minimum Gasteiger partial charge on any atom is -0.339 e. The van der Waals surface area contributed by atoms with Crippen molar-refractivity contribution in [2.75, 3.05) is 12.4 Å². The average molecular weight is 470 g/mol. The molecule has 1 saturated carbocycles. The summed E-state index contributed by atoms with van der Waals surface area (Å²) in [6, 6.07) is 21.3. The van der Waals surface area contributed by atoms with Gasteiger partial charge in [-0.25, -0.2) is 4.39 Å². The Hall–Kier alpha value is -3.80. The molecule has 35 heavy (non-hydrogen) atoms. The highest BCUT2D eigenvalue weighted by Gasteiger charge is 2.35. The molecule has 2 aliphatic rings. The summed E-state index contributed by atoms with van der Waals surface area (Å²) >= 11 is 0. The number of nitrogens with one attached hydrogen (secondary N) is 1. The van der Waals surface area contributed by atoms with Gasteiger partial charge < -0.3 is 10.2 Å². The van der Waals surface area contributed by atoms with Gasteiger partial charge in [-0.2, -0.15) is 0 Å². The fraction of sp³-hybridized carbons (Fsp3) is 0.276. The minimum atomic E-state index is -0.660. The molecule has 5 rings (SSSR count). The van der Waals surface area contributed by atoms with E-state index in [4.69, 9.17) is 4.99 Å². The highest BCUT2D eigenvalue weighted by Crippen LogP contribution is 2.36. The molecule has 5 nitrogen and oxygen atoms in total. The van der Waals surface area contributed by atoms with Crippen LogP contribution < -0.4 is 5.32 Å². The van der Waals surface area contributed by atoms with Gasteiger partial charge in [0.2, 0.25) is 5.91 Å². The number of nitrogens with zero attached hydrogens (tertiary/aromatic N) is 2. The smallest absolute Gasteiger partial charge is 0.253 e. The summed E-state index contributed by atoms with van der Waals surface area (Å²) < 4.78 is 13.8. The van der Waals surface area contributed by atoms with Gasteiger partial charge in [0, 0.05) is 24.3 Å². The minimum absolute atomic E-state index is 0.0156. The molecule has 178 valence electrons. The second-order valence-corrected chi connectivity index (χ2v) is 9.27. The number of benzene rings is 3. The molecular weight excluding hydrogens is 441 g/mol. The van der Waals surface area contributed by atoms with Crippen LogP contribution in [0.2, 0.25) is 0 Å². The maximum Gasteiger partial charge on any atom is 0.253 e. The summed E-state index contributed by atoms with van der Waals surface area (Å²) in [4.78, 5) is 32.7. The average Bonchev–Trinajstić information content (AvgIpc) is 3.22. The van der Waals surface area contributed by atoms with E-state index in [9.17, 15) is 14.0 Å². The standard InChI is InChI=1S/C29H28FN3O2/c1-33(23-10-6-3-7-11-23)29(35)20-12-15-22(16-13-20)31-27(19-8-4-2-5-9-19)26-24-17-14-21(30)18-25(24)32-28(26)34/h2,4-5,8-9,12-18,23,26H,3,6-7,10-11H2,1H3,(H,32,34). The van der Waals surface area contributed by atoms with Crippen LogP contribution in [0.15, 0.2) is 77.8 Å². The Balaban J connectivity index is 1.46. The summed E-state index contributed by atoms with van der Waals surface area (Å²) in [5, 5.41) is 2.78. The number of anilines is 1. The van der Waals surface area contributed by atoms with Crippen LogP contribution >= 0.6 is 0 Å². The van der Waals surface area contributed by atoms with Crippen LogP contribution in [0.4, 0.5) is 15.8 Å². The molecule has 1 unspecified atom stereocenters. The van der Waals surface area contributed by atoms with E-state index in [1.54, 1.807) is 18.2 Å². The van der Waals surface area contributed by atoms with Crippen LogP contribution in [0.5, 0.6) is 0 Å². The van der Waals surface area contributed by atoms with Crippen molar-refractivity contribution < 1.29 is 14.0 Å². The number of hydrogen-bond donors (Lipinski definition) is 1. The molecule has 1 aliphatic carbocycles. The number of amides is 2. The van der Waals surface area contributed by atoms with Crippen LogP contribution in [-0.2, 0) is 4.79 Å². The Labute approximate surface area is 204 Å². The molecule has 3 aromatic rings. The Kier molecular flexibility index (Phi) is 6.45. The zero-order chi connectivity index (χ0) is 24.4. The quantitative estimate of drug-likeness (QED) is 0.460. The maximum absolute atomic E-state index is 13.8. The van der Waals surface area contributed by atoms with Gasteiger partial charge in [0.05, 0.1) is 11.4 Å². The lowest BCUT2D eigenvalue weighted by Gasteiger charge is -2.31. The largest absolute Gasteiger partial charge is 0.339 e. The molecular formula is C29H28FN3O2. The topological polar surface area (TPSA) is 61.8 Å². The van der Waals surface area contributed by atoms with Crippen LogP contribution in [0.25, 0.3) is 0 Å². The van der Waals surface area contributed by atoms with Crippen molar-refractivity contribution in [2.45, 2.75) is 44.1 Å². The fourth-order valence-corrected chi connectivity index (χ4v) is 5.07. The van der Waals surface area contributed by atoms with Crippen molar-refractivity contribution >= 4 is 28.9 Å². The fourth-order valence-electron chi connectivity index (χ4n) is 5.07. The second-order valence-electron chi connectivity index (χ2n) is 9.27. The van der Waals surface area contributed by atoms with Crippen LogP contribution in [0, 0.1) is 5.82 Å². The van der Waals surface area contributed by atoms with Gasteiger partial charge in [0.15, 0.2) is 0 Å². The summed E-state index contributed by atoms with van der Waals surface area (Å²) in [6.45, 7) is 0. The van der Waals surface area contributed by atoms with E-state index in [2.05, 4.69) is 5.32 Å². The predicted molar refractivity (Wildman–Crippen MR) is 136 cm³/mol. The van der Waals surface area contributed by atoms with Crippen LogP contribution in [0.3, 0.4) is 0 Å². The van der Waals surface area contributed by atoms with Crippen molar-refractivity contribution in [1.29, 1.82) is 0 Å². The Morgan fingerprint density at radius 1 is 0.943 bits per heavy atom. The molecule has 3 aromatic carbocycles. The Bertz CT molecular complexity index is 1260. The molecule has 0 radical (unpaired) electrons. The van der Waals surface area contributed by atoms with Gasteiger partial charge >= 0.3 is 0 Å². The molecule has 6 heteroatoms. The van der Waals surface area contributed by atoms with Crippen molar-refractivity contribution in [3.05, 3.63) is 95.3 Å². The number of carbonyl (C=O) groups is 2. The zero-order valence-corrected chi connectivity index (χ0v) is 19.7. The van der Waals surface area contributed by atoms with Crippen LogP contribution in [-0.4, -0.2) is 35.5 Å². The van der Waals surface area contributed by atoms with Gasteiger partial charge in [0.25, 0.3) is 5.91 Å². The molecule has 1 fully saturated rings. The first-order chi connectivity index (χ1) is 17.0. The van der Waals surface area contributed by atoms with Crippen molar-refractivity contribution in [3.8, 4) is 0 Å². The number of halogens is 1. The van der Waals surface area contributed by atoms with Gasteiger partial charge in [-0.05, 0) is 60.4 Å². The lowest BCUT2D eigenvalue weighted by Crippen LogP contribution is -2.38. The zero-order valence-electron chi connectivity index (χ0n) is 19.7. The van der Waals surface area contributed by atoms with Gasteiger partial charge in [0.1, 0.15) is 11.7 Å². The predicted octanol–water partition coefficient (Wildman–Crippen LogP) is 6.09. The van der Waals surface area contributed by atoms with E-state index in [1.165, 1.54) is 31.4 Å². The molecule has 0 saturated heterocycles. The monoisotopic (exact) mass is 469 g/mol. The molecule has 2 amide bonds. The highest BCUT2D eigenvalue weighted by molar-refractivity contribution is 6.24. The lowest BCUT2D eigenvalue weighted by molar-refractivity contribution is -0.115. The van der Waals surface area contributed by atoms with Crippen molar-refractivity contribution in [2.24, 2.45) is 4.99 Å². The third-order valence-corrected chi connectivity index (χ3v) is 7.00. The molecule has 1 aliphatic heterocycles. The molecule has 1 atom stereocenters. The summed E-state index contributed by atoms with van der Waals surface area (Å²) in [5.74, 6) is -1.29. The summed E-state index contributed by atoms with van der Waals surface area (Å²) in [5.41, 5.74) is 3.81. The van der Waals surface area contributed by atoms with E-state index < -0.39 is 11.7 Å². The van der Waals surface area contributed by atoms with E-state index in [0.717, 1.165) is 18.4 Å². The molecule has 0 aromatic heterocycles. The molecule has 0 spiro atoms. The maximum atomic E-state index is 13.8. The Morgan fingerprint density at radius 2 is 1.66 bits per heavy atom. The van der Waals surface area contributed by atoms with E-state index in [1.807, 2.05) is 54.4 Å². The number of hydrogen-bond acceptors (Lipinski definition) is 3. The normalized spacial score (nSPS) is 18.2. The highest BCUT2D eigenvalue weighted by atomic mass is 19.1. The van der Waals surface area contributed by atoms with Gasteiger partial charge in [-0.1, -0.05) is 55.7 Å². The molecule has 1 N–H and O–H groups in total. The van der Waals surface area contributed by atoms with E-state index in [0.29, 0.717) is 34.3 Å². The number of aliphatic imine (C=N–C) groups is 1. The molecule has 0 bridgehead atoms. The first-order valence-corrected chi connectivity index (χ1v) is 12.1. The van der Waals surface area contributed by atoms with Crippen LogP contribution in [0.1, 0.15) is 59.5 Å². The third-order valence-electron chi connectivity index (χ3n) is 7.00. The first-order valence-electron chi connectivity index (χ1n) is 12.1. The number of carbonyl (C=O) groups excluding carboxylic acids is 2. The number of fused-ring (bicyclic) bond motifs is 1.